The number of aromatic hydroxyl groups is 1. The van der Waals surface area contributed by atoms with Crippen molar-refractivity contribution in [2.45, 2.75) is 6.42 Å². The highest BCUT2D eigenvalue weighted by atomic mass is 35.5. The largest absolute Gasteiger partial charge is 0.505 e. The Morgan fingerprint density at radius 1 is 1.00 bits per heavy atom. The van der Waals surface area contributed by atoms with Crippen molar-refractivity contribution < 1.29 is 9.90 Å². The fourth-order valence-corrected chi connectivity index (χ4v) is 2.95. The van der Waals surface area contributed by atoms with Crippen LogP contribution in [-0.2, 0) is 11.2 Å². The molecule has 116 valence electrons. The number of phenolic OH excluding ortho intramolecular Hbond substituents is 1. The van der Waals surface area contributed by atoms with Crippen molar-refractivity contribution in [3.8, 4) is 5.75 Å². The second kappa shape index (κ2) is 6.49. The van der Waals surface area contributed by atoms with Gasteiger partial charge in [-0.05, 0) is 28.5 Å². The molecule has 0 spiro atoms. The second-order valence-electron chi connectivity index (χ2n) is 5.15. The van der Waals surface area contributed by atoms with E-state index in [1.54, 1.807) is 0 Å². The van der Waals surface area contributed by atoms with Crippen molar-refractivity contribution in [3.63, 3.8) is 0 Å². The van der Waals surface area contributed by atoms with E-state index in [9.17, 15) is 9.90 Å². The number of fused-ring (bicyclic) bond motifs is 1. The van der Waals surface area contributed by atoms with E-state index in [1.165, 1.54) is 12.1 Å². The molecule has 2 N–H and O–H groups in total. The molecule has 3 aromatic carbocycles. The molecule has 0 unspecified atom stereocenters. The predicted molar refractivity (Wildman–Crippen MR) is 94.4 cm³/mol. The lowest BCUT2D eigenvalue weighted by molar-refractivity contribution is -0.115. The summed E-state index contributed by atoms with van der Waals surface area (Å²) in [5.41, 5.74) is 1.39. The molecule has 0 aliphatic heterocycles. The van der Waals surface area contributed by atoms with Gasteiger partial charge in [-0.3, -0.25) is 4.79 Å². The molecule has 1 amide bonds. The Morgan fingerprint density at radius 2 is 1.65 bits per heavy atom. The molecule has 5 heteroatoms. The third-order valence-corrected chi connectivity index (χ3v) is 4.11. The molecule has 0 bridgehead atoms. The summed E-state index contributed by atoms with van der Waals surface area (Å²) in [7, 11) is 0. The van der Waals surface area contributed by atoms with E-state index in [-0.39, 0.29) is 28.1 Å². The molecule has 0 aromatic heterocycles. The van der Waals surface area contributed by atoms with Gasteiger partial charge in [0, 0.05) is 5.69 Å². The third kappa shape index (κ3) is 3.41. The quantitative estimate of drug-likeness (QED) is 0.653. The van der Waals surface area contributed by atoms with Crippen LogP contribution in [0.5, 0.6) is 5.75 Å². The molecular weight excluding hydrogens is 333 g/mol. The summed E-state index contributed by atoms with van der Waals surface area (Å²) in [6.07, 6.45) is 0.234. The first kappa shape index (κ1) is 15.7. The lowest BCUT2D eigenvalue weighted by Crippen LogP contribution is -2.14. The lowest BCUT2D eigenvalue weighted by atomic mass is 10.0. The molecule has 0 aliphatic rings. The monoisotopic (exact) mass is 345 g/mol. The van der Waals surface area contributed by atoms with E-state index in [1.807, 2.05) is 42.5 Å². The first-order valence-corrected chi connectivity index (χ1v) is 7.74. The Labute approximate surface area is 143 Å². The molecule has 0 radical (unpaired) electrons. The van der Waals surface area contributed by atoms with E-state index < -0.39 is 0 Å². The molecular formula is C18H13Cl2NO2. The normalized spacial score (nSPS) is 10.7. The van der Waals surface area contributed by atoms with Gasteiger partial charge < -0.3 is 10.4 Å². The van der Waals surface area contributed by atoms with E-state index in [0.29, 0.717) is 5.69 Å². The van der Waals surface area contributed by atoms with Gasteiger partial charge in [-0.15, -0.1) is 0 Å². The first-order valence-electron chi connectivity index (χ1n) is 6.99. The van der Waals surface area contributed by atoms with Gasteiger partial charge in [0.15, 0.2) is 5.75 Å². The summed E-state index contributed by atoms with van der Waals surface area (Å²) in [4.78, 5) is 12.3. The second-order valence-corrected chi connectivity index (χ2v) is 5.97. The van der Waals surface area contributed by atoms with E-state index >= 15 is 0 Å². The van der Waals surface area contributed by atoms with Crippen LogP contribution in [0.1, 0.15) is 5.56 Å². The molecule has 3 nitrogen and oxygen atoms in total. The molecule has 0 atom stereocenters. The summed E-state index contributed by atoms with van der Waals surface area (Å²) in [6, 6.07) is 16.7. The molecule has 0 aliphatic carbocycles. The Hall–Kier alpha value is -2.23. The highest BCUT2D eigenvalue weighted by molar-refractivity contribution is 6.37. The fourth-order valence-electron chi connectivity index (χ4n) is 2.46. The van der Waals surface area contributed by atoms with Crippen LogP contribution in [0.15, 0.2) is 54.6 Å². The van der Waals surface area contributed by atoms with Crippen LogP contribution < -0.4 is 5.32 Å². The maximum atomic E-state index is 12.3. The number of anilines is 1. The van der Waals surface area contributed by atoms with Crippen molar-refractivity contribution in [2.24, 2.45) is 0 Å². The average Bonchev–Trinajstić information content (AvgIpc) is 2.53. The smallest absolute Gasteiger partial charge is 0.228 e. The number of amides is 1. The van der Waals surface area contributed by atoms with E-state index in [0.717, 1.165) is 16.3 Å². The van der Waals surface area contributed by atoms with Gasteiger partial charge >= 0.3 is 0 Å². The number of phenols is 1. The van der Waals surface area contributed by atoms with Crippen LogP contribution in [0.3, 0.4) is 0 Å². The molecule has 3 rings (SSSR count). The van der Waals surface area contributed by atoms with Gasteiger partial charge in [0.1, 0.15) is 0 Å². The highest BCUT2D eigenvalue weighted by Gasteiger charge is 2.11. The predicted octanol–water partition coefficient (Wildman–Crippen LogP) is 5.03. The standard InChI is InChI=1S/C18H13Cl2NO2/c19-15-9-13(10-16(20)18(15)23)21-17(22)8-12-6-3-5-11-4-1-2-7-14(11)12/h1-7,9-10,23H,8H2,(H,21,22). The molecule has 0 heterocycles. The molecule has 3 aromatic rings. The fraction of sp³-hybridized carbons (Fsp3) is 0.0556. The van der Waals surface area contributed by atoms with Crippen LogP contribution in [0.4, 0.5) is 5.69 Å². The highest BCUT2D eigenvalue weighted by Crippen LogP contribution is 2.34. The minimum absolute atomic E-state index is 0.0953. The van der Waals surface area contributed by atoms with Crippen LogP contribution in [0.25, 0.3) is 10.8 Å². The third-order valence-electron chi connectivity index (χ3n) is 3.53. The number of rotatable bonds is 3. The van der Waals surface area contributed by atoms with Crippen molar-refractivity contribution >= 4 is 45.6 Å². The van der Waals surface area contributed by atoms with Gasteiger partial charge in [-0.2, -0.15) is 0 Å². The number of nitrogens with one attached hydrogen (secondary N) is 1. The van der Waals surface area contributed by atoms with E-state index in [2.05, 4.69) is 5.32 Å². The van der Waals surface area contributed by atoms with Gasteiger partial charge in [-0.1, -0.05) is 65.7 Å². The Kier molecular flexibility index (Phi) is 4.42. The van der Waals surface area contributed by atoms with Gasteiger partial charge in [0.05, 0.1) is 16.5 Å². The first-order chi connectivity index (χ1) is 11.0. The van der Waals surface area contributed by atoms with Crippen molar-refractivity contribution in [2.75, 3.05) is 5.32 Å². The zero-order valence-electron chi connectivity index (χ0n) is 12.0. The number of hydrogen-bond donors (Lipinski definition) is 2. The minimum Gasteiger partial charge on any atom is -0.505 e. The molecule has 0 saturated heterocycles. The summed E-state index contributed by atoms with van der Waals surface area (Å²) in [5, 5.41) is 14.6. The zero-order chi connectivity index (χ0) is 16.4. The van der Waals surface area contributed by atoms with E-state index in [4.69, 9.17) is 23.2 Å². The van der Waals surface area contributed by atoms with Gasteiger partial charge in [0.25, 0.3) is 0 Å². The maximum Gasteiger partial charge on any atom is 0.228 e. The number of benzene rings is 3. The molecule has 23 heavy (non-hydrogen) atoms. The minimum atomic E-state index is -0.194. The molecule has 0 saturated carbocycles. The number of halogens is 2. The van der Waals surface area contributed by atoms with Crippen molar-refractivity contribution in [3.05, 3.63) is 70.2 Å². The lowest BCUT2D eigenvalue weighted by Gasteiger charge is -2.09. The number of carbonyl (C=O) groups is 1. The number of carbonyl (C=O) groups excluding carboxylic acids is 1. The summed E-state index contributed by atoms with van der Waals surface area (Å²) >= 11 is 11.7. The average molecular weight is 346 g/mol. The summed E-state index contributed by atoms with van der Waals surface area (Å²) in [6.45, 7) is 0. The summed E-state index contributed by atoms with van der Waals surface area (Å²) in [5.74, 6) is -0.375. The van der Waals surface area contributed by atoms with Crippen LogP contribution in [0.2, 0.25) is 10.0 Å². The number of hydrogen-bond acceptors (Lipinski definition) is 2. The Bertz CT molecular complexity index is 865. The topological polar surface area (TPSA) is 49.3 Å². The SMILES string of the molecule is O=C(Cc1cccc2ccccc12)Nc1cc(Cl)c(O)c(Cl)c1. The molecule has 0 fully saturated rings. The van der Waals surface area contributed by atoms with Crippen molar-refractivity contribution in [1.82, 2.24) is 0 Å². The Balaban J connectivity index is 1.82. The zero-order valence-corrected chi connectivity index (χ0v) is 13.5. The van der Waals surface area contributed by atoms with Crippen molar-refractivity contribution in [1.29, 1.82) is 0 Å². The maximum absolute atomic E-state index is 12.3. The van der Waals surface area contributed by atoms with Crippen LogP contribution >= 0.6 is 23.2 Å². The Morgan fingerprint density at radius 3 is 2.39 bits per heavy atom. The van der Waals surface area contributed by atoms with Crippen LogP contribution in [0, 0.1) is 0 Å². The van der Waals surface area contributed by atoms with Gasteiger partial charge in [0.2, 0.25) is 5.91 Å². The van der Waals surface area contributed by atoms with Crippen LogP contribution in [-0.4, -0.2) is 11.0 Å². The summed E-state index contributed by atoms with van der Waals surface area (Å²) < 4.78 is 0. The van der Waals surface area contributed by atoms with Gasteiger partial charge in [-0.25, -0.2) is 0 Å².